The second-order valence-electron chi connectivity index (χ2n) is 8.94. The molecule has 0 aliphatic carbocycles. The first-order chi connectivity index (χ1) is 12.1. The highest BCUT2D eigenvalue weighted by atomic mass is 32.2. The molecule has 26 heavy (non-hydrogen) atoms. The van der Waals surface area contributed by atoms with E-state index in [1.165, 1.54) is 4.90 Å². The Morgan fingerprint density at radius 3 is 2.31 bits per heavy atom. The molecule has 0 bridgehead atoms. The molecule has 1 aliphatic rings. The zero-order chi connectivity index (χ0) is 19.5. The molecule has 0 amide bonds. The van der Waals surface area contributed by atoms with Gasteiger partial charge in [-0.1, -0.05) is 64.6 Å². The van der Waals surface area contributed by atoms with Gasteiger partial charge in [0.1, 0.15) is 11.7 Å². The fourth-order valence-corrected chi connectivity index (χ4v) is 5.74. The maximum Gasteiger partial charge on any atom is 0.192 e. The smallest absolute Gasteiger partial charge is 0.192 e. The number of rotatable bonds is 6. The van der Waals surface area contributed by atoms with Crippen LogP contribution in [0.15, 0.2) is 35.2 Å². The van der Waals surface area contributed by atoms with E-state index in [0.29, 0.717) is 6.42 Å². The third kappa shape index (κ3) is 5.00. The van der Waals surface area contributed by atoms with Crippen LogP contribution >= 0.6 is 11.8 Å². The second kappa shape index (κ2) is 8.59. The molecular weight excluding hydrogens is 360 g/mol. The maximum atomic E-state index is 11.2. The van der Waals surface area contributed by atoms with Gasteiger partial charge in [0.2, 0.25) is 0 Å². The number of thioether (sulfide) groups is 1. The molecule has 0 unspecified atom stereocenters. The molecule has 1 heterocycles. The van der Waals surface area contributed by atoms with Gasteiger partial charge < -0.3 is 14.0 Å². The molecule has 0 radical (unpaired) electrons. The third-order valence-corrected chi connectivity index (χ3v) is 11.7. The molecule has 3 nitrogen and oxygen atoms in total. The lowest BCUT2D eigenvalue weighted by molar-refractivity contribution is -0.135. The number of hydrogen-bond acceptors (Lipinski definition) is 4. The Balaban J connectivity index is 2.24. The molecule has 146 valence electrons. The molecule has 0 saturated carbocycles. The molecule has 0 N–H and O–H groups in total. The first kappa shape index (κ1) is 21.7. The van der Waals surface area contributed by atoms with Crippen LogP contribution in [-0.4, -0.2) is 32.2 Å². The summed E-state index contributed by atoms with van der Waals surface area (Å²) in [6.45, 7) is 15.8. The molecule has 5 heteroatoms. The third-order valence-electron chi connectivity index (χ3n) is 5.92. The maximum absolute atomic E-state index is 11.2. The lowest BCUT2D eigenvalue weighted by Gasteiger charge is -2.49. The quantitative estimate of drug-likeness (QED) is 0.454. The van der Waals surface area contributed by atoms with Crippen molar-refractivity contribution in [3.05, 3.63) is 30.3 Å². The summed E-state index contributed by atoms with van der Waals surface area (Å²) in [6.07, 6.45) is 1.43. The monoisotopic (exact) mass is 394 g/mol. The standard InChI is InChI=1S/C21H34O3SSi/c1-15-18(13-14-22)23-20(25-17-11-9-8-10-12-17)16(2)19(15)24-26(6,7)21(3,4)5/h8-12,14-16,18-20H,13H2,1-7H3/t15-,16+,18-,19-,20-/m0/s1. The summed E-state index contributed by atoms with van der Waals surface area (Å²) in [5.74, 6) is 0.462. The summed E-state index contributed by atoms with van der Waals surface area (Å²) in [6, 6.07) is 10.3. The van der Waals surface area contributed by atoms with E-state index in [9.17, 15) is 4.79 Å². The fourth-order valence-electron chi connectivity index (χ4n) is 3.13. The van der Waals surface area contributed by atoms with E-state index in [0.717, 1.165) is 6.29 Å². The Morgan fingerprint density at radius 2 is 1.77 bits per heavy atom. The Morgan fingerprint density at radius 1 is 1.15 bits per heavy atom. The van der Waals surface area contributed by atoms with Crippen molar-refractivity contribution >= 4 is 26.4 Å². The van der Waals surface area contributed by atoms with E-state index in [2.05, 4.69) is 59.8 Å². The lowest BCUT2D eigenvalue weighted by Crippen LogP contribution is -2.54. The predicted octanol–water partition coefficient (Wildman–Crippen LogP) is 5.76. The van der Waals surface area contributed by atoms with Gasteiger partial charge >= 0.3 is 0 Å². The molecule has 1 aliphatic heterocycles. The van der Waals surface area contributed by atoms with E-state index >= 15 is 0 Å². The van der Waals surface area contributed by atoms with Gasteiger partial charge in [-0.2, -0.15) is 0 Å². The zero-order valence-electron chi connectivity index (χ0n) is 17.2. The van der Waals surface area contributed by atoms with Crippen molar-refractivity contribution in [3.63, 3.8) is 0 Å². The van der Waals surface area contributed by atoms with E-state index in [1.54, 1.807) is 11.8 Å². The summed E-state index contributed by atoms with van der Waals surface area (Å²) >= 11 is 1.74. The normalized spacial score (nSPS) is 30.2. The molecule has 1 fully saturated rings. The first-order valence-corrected chi connectivity index (χ1v) is 13.3. The minimum atomic E-state index is -1.90. The Bertz CT molecular complexity index is 585. The summed E-state index contributed by atoms with van der Waals surface area (Å²) in [7, 11) is -1.90. The fraction of sp³-hybridized carbons (Fsp3) is 0.667. The van der Waals surface area contributed by atoms with Gasteiger partial charge in [0.05, 0.1) is 12.2 Å². The highest BCUT2D eigenvalue weighted by Gasteiger charge is 2.47. The number of ether oxygens (including phenoxy) is 1. The minimum Gasteiger partial charge on any atom is -0.413 e. The minimum absolute atomic E-state index is 0.00619. The summed E-state index contributed by atoms with van der Waals surface area (Å²) in [5.41, 5.74) is -0.00619. The highest BCUT2D eigenvalue weighted by Crippen LogP contribution is 2.45. The summed E-state index contributed by atoms with van der Waals surface area (Å²) in [5, 5.41) is 0.160. The molecule has 5 atom stereocenters. The molecule has 0 aromatic heterocycles. The van der Waals surface area contributed by atoms with E-state index in [4.69, 9.17) is 9.16 Å². The lowest BCUT2D eigenvalue weighted by atomic mass is 9.86. The van der Waals surface area contributed by atoms with E-state index in [1.807, 2.05) is 18.2 Å². The molecule has 1 saturated heterocycles. The van der Waals surface area contributed by atoms with Crippen LogP contribution in [0, 0.1) is 11.8 Å². The zero-order valence-corrected chi connectivity index (χ0v) is 19.0. The Kier molecular flexibility index (Phi) is 7.16. The van der Waals surface area contributed by atoms with Gasteiger partial charge in [0.15, 0.2) is 8.32 Å². The van der Waals surface area contributed by atoms with Crippen LogP contribution in [0.5, 0.6) is 0 Å². The van der Waals surface area contributed by atoms with Gasteiger partial charge in [0.25, 0.3) is 0 Å². The topological polar surface area (TPSA) is 35.5 Å². The van der Waals surface area contributed by atoms with Crippen LogP contribution in [0.1, 0.15) is 41.0 Å². The highest BCUT2D eigenvalue weighted by molar-refractivity contribution is 7.99. The van der Waals surface area contributed by atoms with Gasteiger partial charge in [-0.15, -0.1) is 0 Å². The van der Waals surface area contributed by atoms with Crippen molar-refractivity contribution in [1.29, 1.82) is 0 Å². The van der Waals surface area contributed by atoms with Crippen molar-refractivity contribution in [2.75, 3.05) is 0 Å². The van der Waals surface area contributed by atoms with Crippen LogP contribution in [0.3, 0.4) is 0 Å². The van der Waals surface area contributed by atoms with E-state index < -0.39 is 8.32 Å². The van der Waals surface area contributed by atoms with Gasteiger partial charge in [-0.05, 0) is 30.3 Å². The van der Waals surface area contributed by atoms with Crippen LogP contribution < -0.4 is 0 Å². The summed E-state index contributed by atoms with van der Waals surface area (Å²) in [4.78, 5) is 12.4. The average molecular weight is 395 g/mol. The van der Waals surface area contributed by atoms with Crippen molar-refractivity contribution in [2.24, 2.45) is 11.8 Å². The van der Waals surface area contributed by atoms with Crippen LogP contribution in [0.4, 0.5) is 0 Å². The van der Waals surface area contributed by atoms with E-state index in [-0.39, 0.29) is 34.5 Å². The van der Waals surface area contributed by atoms with Crippen LogP contribution in [-0.2, 0) is 14.0 Å². The average Bonchev–Trinajstić information content (AvgIpc) is 2.56. The Hall–Kier alpha value is -0.623. The largest absolute Gasteiger partial charge is 0.413 e. The first-order valence-electron chi connectivity index (χ1n) is 9.55. The van der Waals surface area contributed by atoms with Gasteiger partial charge in [0, 0.05) is 23.2 Å². The van der Waals surface area contributed by atoms with Crippen molar-refractivity contribution in [1.82, 2.24) is 0 Å². The Labute approximate surface area is 164 Å². The second-order valence-corrected chi connectivity index (χ2v) is 14.9. The van der Waals surface area contributed by atoms with Crippen molar-refractivity contribution in [3.8, 4) is 0 Å². The van der Waals surface area contributed by atoms with Gasteiger partial charge in [-0.25, -0.2) is 0 Å². The SMILES string of the molecule is C[C@@H]1[C@H](O[Si](C)(C)C(C)(C)C)[C@@H](C)[C@H](Sc2ccccc2)O[C@H]1CC=O. The molecular formula is C21H34O3SSi. The van der Waals surface area contributed by atoms with Crippen LogP contribution in [0.25, 0.3) is 0 Å². The molecule has 1 aromatic rings. The number of carbonyl (C=O) groups excluding carboxylic acids is 1. The van der Waals surface area contributed by atoms with Crippen LogP contribution in [0.2, 0.25) is 18.1 Å². The van der Waals surface area contributed by atoms with Crippen molar-refractivity contribution < 1.29 is 14.0 Å². The molecule has 2 rings (SSSR count). The van der Waals surface area contributed by atoms with Crippen molar-refractivity contribution in [2.45, 2.75) is 81.7 Å². The molecule has 0 spiro atoms. The predicted molar refractivity (Wildman–Crippen MR) is 112 cm³/mol. The molecule has 1 aromatic carbocycles. The number of carbonyl (C=O) groups is 1. The number of aldehydes is 1. The summed E-state index contributed by atoms with van der Waals surface area (Å²) < 4.78 is 13.2. The number of hydrogen-bond donors (Lipinski definition) is 0. The van der Waals surface area contributed by atoms with Gasteiger partial charge in [-0.3, -0.25) is 0 Å². The number of benzene rings is 1.